The van der Waals surface area contributed by atoms with Gasteiger partial charge in [-0.1, -0.05) is 6.07 Å². The highest BCUT2D eigenvalue weighted by Crippen LogP contribution is 2.34. The van der Waals surface area contributed by atoms with E-state index in [2.05, 4.69) is 15.2 Å². The zero-order chi connectivity index (χ0) is 27.6. The number of nitrogens with one attached hydrogen (secondary N) is 1. The molecule has 3 aromatic rings. The summed E-state index contributed by atoms with van der Waals surface area (Å²) in [7, 11) is 0. The van der Waals surface area contributed by atoms with Crippen molar-refractivity contribution in [2.75, 3.05) is 26.3 Å². The Bertz CT molecular complexity index is 1500. The first-order valence-electron chi connectivity index (χ1n) is 13.5. The van der Waals surface area contributed by atoms with Gasteiger partial charge in [-0.05, 0) is 61.7 Å². The summed E-state index contributed by atoms with van der Waals surface area (Å²) in [4.78, 5) is 61.2. The number of imide groups is 1. The molecule has 3 aliphatic rings. The molecule has 1 unspecified atom stereocenters. The van der Waals surface area contributed by atoms with Crippen molar-refractivity contribution in [3.05, 3.63) is 53.2 Å². The zero-order valence-corrected chi connectivity index (χ0v) is 21.9. The highest BCUT2D eigenvalue weighted by Gasteiger charge is 2.39. The van der Waals surface area contributed by atoms with Gasteiger partial charge in [0.2, 0.25) is 11.8 Å². The molecule has 11 heteroatoms. The molecule has 5 heterocycles. The van der Waals surface area contributed by atoms with Crippen LogP contribution >= 0.6 is 0 Å². The Labute approximate surface area is 230 Å². The fraction of sp³-hybridized carbons (Fsp3) is 0.379. The van der Waals surface area contributed by atoms with Crippen LogP contribution in [-0.2, 0) is 32.2 Å². The molecule has 2 saturated heterocycles. The predicted molar refractivity (Wildman–Crippen MR) is 143 cm³/mol. The van der Waals surface area contributed by atoms with Crippen LogP contribution in [0.1, 0.15) is 47.2 Å². The average molecular weight is 544 g/mol. The van der Waals surface area contributed by atoms with E-state index in [4.69, 9.17) is 14.5 Å². The van der Waals surface area contributed by atoms with Crippen molar-refractivity contribution < 1.29 is 28.7 Å². The van der Waals surface area contributed by atoms with Gasteiger partial charge in [-0.15, -0.1) is 0 Å². The molecule has 206 valence electrons. The third-order valence-electron chi connectivity index (χ3n) is 7.67. The smallest absolute Gasteiger partial charge is 0.293 e. The van der Waals surface area contributed by atoms with E-state index in [1.165, 1.54) is 0 Å². The fourth-order valence-electron chi connectivity index (χ4n) is 5.71. The van der Waals surface area contributed by atoms with E-state index in [9.17, 15) is 19.2 Å². The topological polar surface area (TPSA) is 131 Å². The number of amides is 3. The second kappa shape index (κ2) is 11.0. The van der Waals surface area contributed by atoms with E-state index in [-0.39, 0.29) is 38.0 Å². The van der Waals surface area contributed by atoms with Crippen molar-refractivity contribution in [1.82, 2.24) is 25.1 Å². The fourth-order valence-corrected chi connectivity index (χ4v) is 5.71. The van der Waals surface area contributed by atoms with Crippen LogP contribution in [0.5, 0.6) is 5.75 Å². The van der Waals surface area contributed by atoms with Gasteiger partial charge in [0.1, 0.15) is 30.5 Å². The van der Waals surface area contributed by atoms with Gasteiger partial charge in [-0.3, -0.25) is 34.4 Å². The number of piperidine rings is 1. The van der Waals surface area contributed by atoms with Gasteiger partial charge in [-0.25, -0.2) is 4.98 Å². The maximum absolute atomic E-state index is 13.2. The van der Waals surface area contributed by atoms with E-state index in [0.29, 0.717) is 29.7 Å². The van der Waals surface area contributed by atoms with Gasteiger partial charge in [0, 0.05) is 42.9 Å². The summed E-state index contributed by atoms with van der Waals surface area (Å²) in [5.74, 6) is -0.410. The number of ether oxygens (including phenoxy) is 2. The van der Waals surface area contributed by atoms with Crippen molar-refractivity contribution in [1.29, 1.82) is 0 Å². The quantitative estimate of drug-likeness (QED) is 0.245. The molecule has 6 rings (SSSR count). The molecule has 3 amide bonds. The van der Waals surface area contributed by atoms with Crippen molar-refractivity contribution in [3.63, 3.8) is 0 Å². The summed E-state index contributed by atoms with van der Waals surface area (Å²) < 4.78 is 10.7. The number of hydrogen-bond donors (Lipinski definition) is 1. The minimum atomic E-state index is -0.666. The lowest BCUT2D eigenvalue weighted by molar-refractivity contribution is -0.137. The Morgan fingerprint density at radius 1 is 1.05 bits per heavy atom. The standard InChI is InChI=1S/C29H29N5O6/c35-17-39-11-12-40-24-7-8-30-26-20(15-33-9-1-2-10-33)14-22(31-27(24)26)18-3-4-21-19(13-18)16-34(29(21)38)23-5-6-25(36)32-28(23)37/h3-4,7-8,13-14,17,23H,1-2,5-6,9-12,15-16H2,(H,32,36,37). The van der Waals surface area contributed by atoms with Gasteiger partial charge in [0.05, 0.1) is 11.2 Å². The van der Waals surface area contributed by atoms with E-state index >= 15 is 0 Å². The van der Waals surface area contributed by atoms with Crippen LogP contribution in [0.3, 0.4) is 0 Å². The Balaban J connectivity index is 1.35. The summed E-state index contributed by atoms with van der Waals surface area (Å²) in [6.07, 6.45) is 4.55. The van der Waals surface area contributed by atoms with Crippen LogP contribution in [0.25, 0.3) is 22.3 Å². The number of aromatic nitrogens is 2. The maximum atomic E-state index is 13.2. The SMILES string of the molecule is O=COCCOc1ccnc2c(CN3CCCC3)cc(-c3ccc4c(c3)CN(C3CCC(=O)NC3=O)C4=O)nc12. The Hall–Kier alpha value is -4.38. The lowest BCUT2D eigenvalue weighted by Gasteiger charge is -2.29. The van der Waals surface area contributed by atoms with Gasteiger partial charge in [0.25, 0.3) is 12.4 Å². The number of benzene rings is 1. The second-order valence-corrected chi connectivity index (χ2v) is 10.2. The van der Waals surface area contributed by atoms with Crippen LogP contribution in [-0.4, -0.2) is 76.3 Å². The first kappa shape index (κ1) is 25.9. The molecule has 0 radical (unpaired) electrons. The van der Waals surface area contributed by atoms with Gasteiger partial charge in [0.15, 0.2) is 0 Å². The number of rotatable bonds is 9. The van der Waals surface area contributed by atoms with Crippen LogP contribution in [0, 0.1) is 0 Å². The van der Waals surface area contributed by atoms with Crippen molar-refractivity contribution in [3.8, 4) is 17.0 Å². The lowest BCUT2D eigenvalue weighted by Crippen LogP contribution is -2.52. The zero-order valence-electron chi connectivity index (χ0n) is 21.9. The van der Waals surface area contributed by atoms with Gasteiger partial charge < -0.3 is 14.4 Å². The molecule has 11 nitrogen and oxygen atoms in total. The number of hydrogen-bond acceptors (Lipinski definition) is 9. The molecule has 40 heavy (non-hydrogen) atoms. The molecule has 2 fully saturated rings. The van der Waals surface area contributed by atoms with E-state index in [1.54, 1.807) is 23.2 Å². The van der Waals surface area contributed by atoms with E-state index in [0.717, 1.165) is 60.4 Å². The largest absolute Gasteiger partial charge is 0.488 e. The van der Waals surface area contributed by atoms with Gasteiger partial charge in [-0.2, -0.15) is 0 Å². The highest BCUT2D eigenvalue weighted by molar-refractivity contribution is 6.05. The summed E-state index contributed by atoms with van der Waals surface area (Å²) in [5.41, 5.74) is 5.31. The van der Waals surface area contributed by atoms with Crippen molar-refractivity contribution in [2.45, 2.75) is 44.8 Å². The Morgan fingerprint density at radius 3 is 2.70 bits per heavy atom. The van der Waals surface area contributed by atoms with Crippen molar-refractivity contribution >= 4 is 35.2 Å². The molecule has 0 bridgehead atoms. The van der Waals surface area contributed by atoms with E-state index in [1.807, 2.05) is 18.2 Å². The monoisotopic (exact) mass is 543 g/mol. The molecule has 0 saturated carbocycles. The number of carbonyl (C=O) groups is 4. The minimum absolute atomic E-state index is 0.121. The number of likely N-dealkylation sites (tertiary alicyclic amines) is 1. The summed E-state index contributed by atoms with van der Waals surface area (Å²) in [6, 6.07) is 8.72. The highest BCUT2D eigenvalue weighted by atomic mass is 16.5. The predicted octanol–water partition coefficient (Wildman–Crippen LogP) is 2.21. The molecule has 1 N–H and O–H groups in total. The normalized spacial score (nSPS) is 19.1. The summed E-state index contributed by atoms with van der Waals surface area (Å²) in [6.45, 7) is 3.75. The third-order valence-corrected chi connectivity index (χ3v) is 7.67. The molecule has 0 spiro atoms. The summed E-state index contributed by atoms with van der Waals surface area (Å²) in [5, 5.41) is 2.34. The van der Waals surface area contributed by atoms with Crippen LogP contribution in [0.4, 0.5) is 0 Å². The van der Waals surface area contributed by atoms with E-state index < -0.39 is 11.9 Å². The Kier molecular flexibility index (Phi) is 7.12. The van der Waals surface area contributed by atoms with Crippen LogP contribution in [0.2, 0.25) is 0 Å². The first-order chi connectivity index (χ1) is 19.5. The van der Waals surface area contributed by atoms with Crippen LogP contribution in [0.15, 0.2) is 36.5 Å². The third kappa shape index (κ3) is 5.00. The average Bonchev–Trinajstić information content (AvgIpc) is 3.58. The Morgan fingerprint density at radius 2 is 1.90 bits per heavy atom. The number of fused-ring (bicyclic) bond motifs is 2. The molecule has 0 aliphatic carbocycles. The molecular formula is C29H29N5O6. The molecule has 2 aromatic heterocycles. The van der Waals surface area contributed by atoms with Crippen molar-refractivity contribution in [2.24, 2.45) is 0 Å². The van der Waals surface area contributed by atoms with Gasteiger partial charge >= 0.3 is 0 Å². The maximum Gasteiger partial charge on any atom is 0.293 e. The second-order valence-electron chi connectivity index (χ2n) is 10.2. The number of pyridine rings is 2. The molecular weight excluding hydrogens is 514 g/mol. The minimum Gasteiger partial charge on any atom is -0.488 e. The molecule has 3 aliphatic heterocycles. The van der Waals surface area contributed by atoms with Crippen LogP contribution < -0.4 is 10.1 Å². The summed E-state index contributed by atoms with van der Waals surface area (Å²) >= 11 is 0. The lowest BCUT2D eigenvalue weighted by atomic mass is 10.0. The first-order valence-corrected chi connectivity index (χ1v) is 13.5. The number of carbonyl (C=O) groups excluding carboxylic acids is 4. The molecule has 1 aromatic carbocycles. The molecule has 1 atom stereocenters. The number of nitrogens with zero attached hydrogens (tertiary/aromatic N) is 4.